The third-order valence-corrected chi connectivity index (χ3v) is 7.12. The number of rotatable bonds is 6. The van der Waals surface area contributed by atoms with Crippen LogP contribution >= 0.6 is 12.4 Å². The number of hydrogen-bond acceptors (Lipinski definition) is 3. The predicted molar refractivity (Wildman–Crippen MR) is 131 cm³/mol. The molecule has 6 heteroatoms. The van der Waals surface area contributed by atoms with Crippen LogP contribution < -0.4 is 5.73 Å². The molecule has 0 amide bonds. The molecule has 0 atom stereocenters. The average molecular weight is 459 g/mol. The maximum absolute atomic E-state index is 12.2. The van der Waals surface area contributed by atoms with E-state index < -0.39 is 10.0 Å². The van der Waals surface area contributed by atoms with Gasteiger partial charge in [0.2, 0.25) is 10.0 Å². The molecule has 0 aromatic heterocycles. The van der Waals surface area contributed by atoms with Crippen molar-refractivity contribution < 1.29 is 8.42 Å². The maximum Gasteiger partial charge on any atom is 0.243 e. The predicted octanol–water partition coefficient (Wildman–Crippen LogP) is 5.63. The standard InChI is InChI=1S/C13H11N.C12H19NO2S.ClH/c14-13-11-7-3-1-5-9(11)10-6-2-4-8-12(10)13;1-3-10-13(11-4-2)16(14,15)12-8-6-5-7-9-12;/h1-8,13H,14H2;5-9H,3-4,10-11H2,1-2H3;1H. The fourth-order valence-corrected chi connectivity index (χ4v) is 5.43. The van der Waals surface area contributed by atoms with Crippen molar-refractivity contribution in [1.29, 1.82) is 0 Å². The summed E-state index contributed by atoms with van der Waals surface area (Å²) in [7, 11) is -3.29. The van der Waals surface area contributed by atoms with Gasteiger partial charge in [-0.3, -0.25) is 0 Å². The van der Waals surface area contributed by atoms with Gasteiger partial charge < -0.3 is 5.73 Å². The van der Waals surface area contributed by atoms with Crippen LogP contribution in [-0.4, -0.2) is 25.8 Å². The molecule has 0 unspecified atom stereocenters. The molecule has 2 N–H and O–H groups in total. The van der Waals surface area contributed by atoms with Crippen molar-refractivity contribution in [2.45, 2.75) is 37.6 Å². The van der Waals surface area contributed by atoms with Crippen LogP contribution in [0.5, 0.6) is 0 Å². The van der Waals surface area contributed by atoms with Gasteiger partial charge in [-0.15, -0.1) is 12.4 Å². The van der Waals surface area contributed by atoms with Crippen molar-refractivity contribution in [3.63, 3.8) is 0 Å². The van der Waals surface area contributed by atoms with Gasteiger partial charge in [-0.25, -0.2) is 8.42 Å². The molecule has 0 heterocycles. The quantitative estimate of drug-likeness (QED) is 0.520. The summed E-state index contributed by atoms with van der Waals surface area (Å²) in [6, 6.07) is 25.4. The Kier molecular flexibility index (Phi) is 9.26. The Hall–Kier alpha value is -2.18. The Balaban J connectivity index is 0.000000214. The fourth-order valence-electron chi connectivity index (χ4n) is 3.79. The normalized spacial score (nSPS) is 12.4. The molecule has 0 bridgehead atoms. The van der Waals surface area contributed by atoms with E-state index >= 15 is 0 Å². The van der Waals surface area contributed by atoms with Crippen LogP contribution in [0.25, 0.3) is 11.1 Å². The molecule has 0 aliphatic heterocycles. The first-order valence-corrected chi connectivity index (χ1v) is 11.9. The van der Waals surface area contributed by atoms with Gasteiger partial charge in [-0.05, 0) is 47.2 Å². The zero-order chi connectivity index (χ0) is 21.6. The third kappa shape index (κ3) is 5.55. The Morgan fingerprint density at radius 1 is 0.742 bits per heavy atom. The summed E-state index contributed by atoms with van der Waals surface area (Å²) in [4.78, 5) is 0.386. The lowest BCUT2D eigenvalue weighted by molar-refractivity contribution is 0.410. The summed E-state index contributed by atoms with van der Waals surface area (Å²) in [5.74, 6) is 0. The molecule has 0 saturated carbocycles. The first kappa shape index (κ1) is 25.1. The molecular weight excluding hydrogens is 428 g/mol. The second-order valence-corrected chi connectivity index (χ2v) is 9.31. The van der Waals surface area contributed by atoms with E-state index in [2.05, 4.69) is 36.4 Å². The van der Waals surface area contributed by atoms with Gasteiger partial charge in [0.25, 0.3) is 0 Å². The molecule has 4 rings (SSSR count). The monoisotopic (exact) mass is 458 g/mol. The van der Waals surface area contributed by atoms with Crippen LogP contribution in [0.15, 0.2) is 83.8 Å². The van der Waals surface area contributed by atoms with Crippen molar-refractivity contribution in [1.82, 2.24) is 4.31 Å². The first-order chi connectivity index (χ1) is 14.5. The summed E-state index contributed by atoms with van der Waals surface area (Å²) >= 11 is 0. The molecule has 0 saturated heterocycles. The molecule has 31 heavy (non-hydrogen) atoms. The number of nitrogens with two attached hydrogens (primary N) is 1. The fraction of sp³-hybridized carbons (Fsp3) is 0.280. The highest BCUT2D eigenvalue weighted by molar-refractivity contribution is 7.89. The van der Waals surface area contributed by atoms with Gasteiger partial charge in [0.15, 0.2) is 0 Å². The lowest BCUT2D eigenvalue weighted by atomic mass is 10.1. The Labute approximate surface area is 192 Å². The van der Waals surface area contributed by atoms with Crippen LogP contribution in [-0.2, 0) is 10.0 Å². The summed E-state index contributed by atoms with van der Waals surface area (Å²) in [5, 5.41) is 0. The minimum Gasteiger partial charge on any atom is -0.320 e. The maximum atomic E-state index is 12.2. The van der Waals surface area contributed by atoms with Crippen molar-refractivity contribution >= 4 is 22.4 Å². The second-order valence-electron chi connectivity index (χ2n) is 7.37. The van der Waals surface area contributed by atoms with Crippen LogP contribution in [0.2, 0.25) is 0 Å². The summed E-state index contributed by atoms with van der Waals surface area (Å²) in [5.41, 5.74) is 11.2. The Morgan fingerprint density at radius 2 is 1.16 bits per heavy atom. The Bertz CT molecular complexity index is 1020. The van der Waals surface area contributed by atoms with Gasteiger partial charge >= 0.3 is 0 Å². The average Bonchev–Trinajstić information content (AvgIpc) is 3.07. The van der Waals surface area contributed by atoms with E-state index in [0.717, 1.165) is 12.8 Å². The number of halogens is 1. The van der Waals surface area contributed by atoms with E-state index in [-0.39, 0.29) is 18.4 Å². The smallest absolute Gasteiger partial charge is 0.243 e. The third-order valence-electron chi connectivity index (χ3n) is 5.21. The molecule has 3 aromatic carbocycles. The summed E-state index contributed by atoms with van der Waals surface area (Å²) < 4.78 is 26.0. The summed E-state index contributed by atoms with van der Waals surface area (Å²) in [6.07, 6.45) is 1.68. The Morgan fingerprint density at radius 3 is 1.61 bits per heavy atom. The molecule has 4 nitrogen and oxygen atoms in total. The summed E-state index contributed by atoms with van der Waals surface area (Å²) in [6.45, 7) is 5.16. The zero-order valence-electron chi connectivity index (χ0n) is 18.1. The molecule has 1 aliphatic carbocycles. The van der Waals surface area contributed by atoms with Gasteiger partial charge in [0.05, 0.1) is 10.9 Å². The SMILES string of the molecule is CCCN(CCC)S(=O)(=O)c1ccccc1.Cl.NC1c2ccccc2-c2ccccc21. The number of benzene rings is 3. The molecule has 0 fully saturated rings. The van der Waals surface area contributed by atoms with Crippen molar-refractivity contribution in [2.75, 3.05) is 13.1 Å². The highest BCUT2D eigenvalue weighted by atomic mass is 35.5. The topological polar surface area (TPSA) is 63.4 Å². The minimum absolute atomic E-state index is 0. The highest BCUT2D eigenvalue weighted by Gasteiger charge is 2.24. The van der Waals surface area contributed by atoms with Crippen molar-refractivity contribution in [3.05, 3.63) is 90.0 Å². The van der Waals surface area contributed by atoms with E-state index in [1.54, 1.807) is 28.6 Å². The van der Waals surface area contributed by atoms with E-state index in [9.17, 15) is 8.42 Å². The number of nitrogens with zero attached hydrogens (tertiary/aromatic N) is 1. The van der Waals surface area contributed by atoms with E-state index in [1.165, 1.54) is 22.3 Å². The molecule has 1 aliphatic rings. The molecular formula is C25H31ClN2O2S. The number of sulfonamides is 1. The van der Waals surface area contributed by atoms with Crippen molar-refractivity contribution in [2.24, 2.45) is 5.73 Å². The largest absolute Gasteiger partial charge is 0.320 e. The van der Waals surface area contributed by atoms with Gasteiger partial charge in [-0.1, -0.05) is 80.6 Å². The lowest BCUT2D eigenvalue weighted by Gasteiger charge is -2.20. The van der Waals surface area contributed by atoms with Gasteiger partial charge in [-0.2, -0.15) is 4.31 Å². The second kappa shape index (κ2) is 11.4. The van der Waals surface area contributed by atoms with E-state index in [1.807, 2.05) is 32.0 Å². The molecule has 0 spiro atoms. The van der Waals surface area contributed by atoms with Gasteiger partial charge in [0, 0.05) is 13.1 Å². The lowest BCUT2D eigenvalue weighted by Crippen LogP contribution is -2.32. The number of fused-ring (bicyclic) bond motifs is 3. The van der Waals surface area contributed by atoms with Gasteiger partial charge in [0.1, 0.15) is 0 Å². The minimum atomic E-state index is -3.29. The van der Waals surface area contributed by atoms with E-state index in [4.69, 9.17) is 5.73 Å². The van der Waals surface area contributed by atoms with E-state index in [0.29, 0.717) is 18.0 Å². The highest BCUT2D eigenvalue weighted by Crippen LogP contribution is 2.41. The van der Waals surface area contributed by atoms with Crippen LogP contribution in [0.1, 0.15) is 43.9 Å². The zero-order valence-corrected chi connectivity index (χ0v) is 19.7. The van der Waals surface area contributed by atoms with Crippen LogP contribution in [0, 0.1) is 0 Å². The van der Waals surface area contributed by atoms with Crippen LogP contribution in [0.4, 0.5) is 0 Å². The van der Waals surface area contributed by atoms with Crippen LogP contribution in [0.3, 0.4) is 0 Å². The number of hydrogen-bond donors (Lipinski definition) is 1. The first-order valence-electron chi connectivity index (χ1n) is 10.5. The van der Waals surface area contributed by atoms with Crippen molar-refractivity contribution in [3.8, 4) is 11.1 Å². The molecule has 0 radical (unpaired) electrons. The molecule has 3 aromatic rings. The molecule has 166 valence electrons.